The van der Waals surface area contributed by atoms with Gasteiger partial charge in [0.05, 0.1) is 13.2 Å². The maximum atomic E-state index is 12.2. The van der Waals surface area contributed by atoms with E-state index in [-0.39, 0.29) is 11.8 Å². The Morgan fingerprint density at radius 2 is 2.05 bits per heavy atom. The number of ether oxygens (including phenoxy) is 1. The lowest BCUT2D eigenvalue weighted by molar-refractivity contribution is -0.134. The second kappa shape index (κ2) is 6.79. The minimum absolute atomic E-state index is 0.0117. The summed E-state index contributed by atoms with van der Waals surface area (Å²) in [6, 6.07) is 9.64. The molecule has 0 aliphatic heterocycles. The van der Waals surface area contributed by atoms with Crippen LogP contribution >= 0.6 is 0 Å². The van der Waals surface area contributed by atoms with E-state index in [1.807, 2.05) is 38.1 Å². The first-order valence-electron chi connectivity index (χ1n) is 6.27. The third kappa shape index (κ3) is 3.72. The van der Waals surface area contributed by atoms with Crippen molar-refractivity contribution in [1.82, 2.24) is 4.90 Å². The molecule has 102 valence electrons. The number of carbonyl (C=O) groups excluding carboxylic acids is 1. The Balaban J connectivity index is 2.82. The average molecular weight is 260 g/mol. The van der Waals surface area contributed by atoms with Crippen molar-refractivity contribution >= 4 is 5.91 Å². The van der Waals surface area contributed by atoms with Gasteiger partial charge in [-0.3, -0.25) is 4.79 Å². The van der Waals surface area contributed by atoms with Crippen LogP contribution in [0.3, 0.4) is 0 Å². The molecule has 0 aliphatic rings. The first-order chi connectivity index (χ1) is 9.01. The van der Waals surface area contributed by atoms with Gasteiger partial charge in [0, 0.05) is 19.2 Å². The van der Waals surface area contributed by atoms with Crippen LogP contribution < -0.4 is 4.74 Å². The highest BCUT2D eigenvalue weighted by atomic mass is 16.5. The third-order valence-corrected chi connectivity index (χ3v) is 3.05. The van der Waals surface area contributed by atoms with Crippen molar-refractivity contribution < 1.29 is 9.53 Å². The first-order valence-corrected chi connectivity index (χ1v) is 6.27. The molecule has 0 saturated heterocycles. The molecule has 1 amide bonds. The van der Waals surface area contributed by atoms with Crippen molar-refractivity contribution in [3.8, 4) is 11.8 Å². The fourth-order valence-electron chi connectivity index (χ4n) is 1.89. The van der Waals surface area contributed by atoms with Gasteiger partial charge in [0.25, 0.3) is 0 Å². The minimum atomic E-state index is -0.597. The zero-order chi connectivity index (χ0) is 14.4. The van der Waals surface area contributed by atoms with E-state index in [4.69, 9.17) is 10.00 Å². The van der Waals surface area contributed by atoms with Gasteiger partial charge in [-0.2, -0.15) is 5.26 Å². The van der Waals surface area contributed by atoms with Crippen LogP contribution in [0.5, 0.6) is 5.75 Å². The number of benzene rings is 1. The Bertz CT molecular complexity index is 477. The van der Waals surface area contributed by atoms with E-state index in [2.05, 4.69) is 6.07 Å². The quantitative estimate of drug-likeness (QED) is 0.817. The number of nitrogens with zero attached hydrogens (tertiary/aromatic N) is 2. The van der Waals surface area contributed by atoms with Crippen LogP contribution in [0.1, 0.15) is 19.4 Å². The number of hydrogen-bond acceptors (Lipinski definition) is 3. The molecule has 0 bridgehead atoms. The van der Waals surface area contributed by atoms with Gasteiger partial charge >= 0.3 is 0 Å². The predicted octanol–water partition coefficient (Wildman–Crippen LogP) is 2.45. The molecule has 0 aromatic heterocycles. The largest absolute Gasteiger partial charge is 0.496 e. The highest BCUT2D eigenvalue weighted by molar-refractivity contribution is 5.81. The number of para-hydroxylation sites is 1. The van der Waals surface area contributed by atoms with E-state index in [9.17, 15) is 4.79 Å². The Labute approximate surface area is 114 Å². The molecule has 0 fully saturated rings. The first kappa shape index (κ1) is 15.0. The summed E-state index contributed by atoms with van der Waals surface area (Å²) in [5, 5.41) is 9.06. The van der Waals surface area contributed by atoms with E-state index in [0.717, 1.165) is 11.3 Å². The molecular formula is C15H20N2O2. The highest BCUT2D eigenvalue weighted by Crippen LogP contribution is 2.20. The van der Waals surface area contributed by atoms with Crippen LogP contribution in [0.25, 0.3) is 0 Å². The van der Waals surface area contributed by atoms with E-state index in [0.29, 0.717) is 6.54 Å². The predicted molar refractivity (Wildman–Crippen MR) is 73.4 cm³/mol. The van der Waals surface area contributed by atoms with Crippen molar-refractivity contribution in [3.05, 3.63) is 29.8 Å². The van der Waals surface area contributed by atoms with E-state index in [1.165, 1.54) is 0 Å². The van der Waals surface area contributed by atoms with Crippen LogP contribution in [-0.2, 0) is 11.3 Å². The van der Waals surface area contributed by atoms with E-state index in [1.54, 1.807) is 19.1 Å². The number of nitriles is 1. The van der Waals surface area contributed by atoms with Gasteiger partial charge in [-0.15, -0.1) is 0 Å². The van der Waals surface area contributed by atoms with Gasteiger partial charge in [-0.25, -0.2) is 0 Å². The summed E-state index contributed by atoms with van der Waals surface area (Å²) in [6.07, 6.45) is 0. The van der Waals surface area contributed by atoms with Gasteiger partial charge in [-0.1, -0.05) is 32.0 Å². The van der Waals surface area contributed by atoms with Crippen molar-refractivity contribution in [3.63, 3.8) is 0 Å². The summed E-state index contributed by atoms with van der Waals surface area (Å²) >= 11 is 0. The third-order valence-electron chi connectivity index (χ3n) is 3.05. The van der Waals surface area contributed by atoms with Gasteiger partial charge in [0.2, 0.25) is 5.91 Å². The topological polar surface area (TPSA) is 53.3 Å². The minimum Gasteiger partial charge on any atom is -0.496 e. The van der Waals surface area contributed by atoms with Gasteiger partial charge in [0.1, 0.15) is 11.7 Å². The Hall–Kier alpha value is -2.02. The number of carbonyl (C=O) groups is 1. The van der Waals surface area contributed by atoms with E-state index < -0.39 is 5.92 Å². The van der Waals surface area contributed by atoms with Crippen molar-refractivity contribution in [2.75, 3.05) is 14.2 Å². The summed E-state index contributed by atoms with van der Waals surface area (Å²) in [5.41, 5.74) is 0.932. The molecule has 0 heterocycles. The van der Waals surface area contributed by atoms with Crippen molar-refractivity contribution in [2.24, 2.45) is 11.8 Å². The lowest BCUT2D eigenvalue weighted by Gasteiger charge is -2.22. The monoisotopic (exact) mass is 260 g/mol. The van der Waals surface area contributed by atoms with Gasteiger partial charge in [-0.05, 0) is 12.0 Å². The van der Waals surface area contributed by atoms with Crippen LogP contribution in [0, 0.1) is 23.2 Å². The molecule has 4 nitrogen and oxygen atoms in total. The Morgan fingerprint density at radius 1 is 1.42 bits per heavy atom. The molecule has 0 saturated carbocycles. The molecule has 1 rings (SSSR count). The second-order valence-electron chi connectivity index (χ2n) is 4.86. The van der Waals surface area contributed by atoms with Crippen molar-refractivity contribution in [1.29, 1.82) is 5.26 Å². The molecule has 0 N–H and O–H groups in total. The molecular weight excluding hydrogens is 240 g/mol. The molecule has 0 radical (unpaired) electrons. The molecule has 1 aromatic rings. The summed E-state index contributed by atoms with van der Waals surface area (Å²) in [6.45, 7) is 4.19. The number of rotatable bonds is 5. The Kier molecular flexibility index (Phi) is 5.37. The lowest BCUT2D eigenvalue weighted by atomic mass is 9.96. The zero-order valence-corrected chi connectivity index (χ0v) is 11.9. The maximum Gasteiger partial charge on any atom is 0.240 e. The maximum absolute atomic E-state index is 12.2. The molecule has 1 aromatic carbocycles. The fraction of sp³-hybridized carbons (Fsp3) is 0.467. The van der Waals surface area contributed by atoms with Crippen LogP contribution in [0.4, 0.5) is 0 Å². The molecule has 4 heteroatoms. The standard InChI is InChI=1S/C15H20N2O2/c1-11(2)13(9-16)15(18)17(3)10-12-7-5-6-8-14(12)19-4/h5-8,11,13H,10H2,1-4H3. The summed E-state index contributed by atoms with van der Waals surface area (Å²) in [5.74, 6) is 0.0148. The fourth-order valence-corrected chi connectivity index (χ4v) is 1.89. The molecule has 0 spiro atoms. The number of amides is 1. The number of hydrogen-bond donors (Lipinski definition) is 0. The molecule has 0 aliphatic carbocycles. The highest BCUT2D eigenvalue weighted by Gasteiger charge is 2.25. The van der Waals surface area contributed by atoms with Crippen LogP contribution in [-0.4, -0.2) is 25.0 Å². The second-order valence-corrected chi connectivity index (χ2v) is 4.86. The van der Waals surface area contributed by atoms with E-state index >= 15 is 0 Å². The van der Waals surface area contributed by atoms with Crippen LogP contribution in [0.15, 0.2) is 24.3 Å². The summed E-state index contributed by atoms with van der Waals surface area (Å²) in [4.78, 5) is 13.8. The smallest absolute Gasteiger partial charge is 0.240 e. The normalized spacial score (nSPS) is 11.8. The molecule has 19 heavy (non-hydrogen) atoms. The van der Waals surface area contributed by atoms with Crippen LogP contribution in [0.2, 0.25) is 0 Å². The average Bonchev–Trinajstić information content (AvgIpc) is 2.39. The molecule has 1 atom stereocenters. The molecule has 1 unspecified atom stereocenters. The Morgan fingerprint density at radius 3 is 2.58 bits per heavy atom. The lowest BCUT2D eigenvalue weighted by Crippen LogP contribution is -2.34. The summed E-state index contributed by atoms with van der Waals surface area (Å²) in [7, 11) is 3.31. The zero-order valence-electron chi connectivity index (χ0n) is 11.9. The summed E-state index contributed by atoms with van der Waals surface area (Å²) < 4.78 is 5.26. The van der Waals surface area contributed by atoms with Gasteiger partial charge < -0.3 is 9.64 Å². The van der Waals surface area contributed by atoms with Crippen molar-refractivity contribution in [2.45, 2.75) is 20.4 Å². The number of methoxy groups -OCH3 is 1. The SMILES string of the molecule is COc1ccccc1CN(C)C(=O)C(C#N)C(C)C. The van der Waals surface area contributed by atoms with Gasteiger partial charge in [0.15, 0.2) is 0 Å².